The van der Waals surface area contributed by atoms with Gasteiger partial charge in [0.15, 0.2) is 0 Å². The number of aromatic amines is 1. The highest BCUT2D eigenvalue weighted by Crippen LogP contribution is 2.22. The number of rotatable bonds is 4. The first-order chi connectivity index (χ1) is 6.70. The summed E-state index contributed by atoms with van der Waals surface area (Å²) in [5, 5.41) is 0. The fourth-order valence-corrected chi connectivity index (χ4v) is 1.59. The maximum Gasteiger partial charge on any atom is 0.0404 e. The molecule has 0 spiro atoms. The van der Waals surface area contributed by atoms with Crippen molar-refractivity contribution < 1.29 is 0 Å². The first-order valence-electron chi connectivity index (χ1n) is 4.92. The third-order valence-electron chi connectivity index (χ3n) is 2.52. The van der Waals surface area contributed by atoms with Crippen molar-refractivity contribution in [1.82, 2.24) is 4.98 Å². The molecule has 0 aromatic carbocycles. The fraction of sp³-hybridized carbons (Fsp3) is 0.417. The van der Waals surface area contributed by atoms with Crippen LogP contribution in [0.2, 0.25) is 0 Å². The zero-order valence-electron chi connectivity index (χ0n) is 9.17. The molecule has 2 heteroatoms. The SMILES string of the molecule is C=CCC(C)c1[nH]ccc1C(C)=NC. The number of hydrogen-bond donors (Lipinski definition) is 1. The maximum absolute atomic E-state index is 4.20. The highest BCUT2D eigenvalue weighted by atomic mass is 14.7. The fourth-order valence-electron chi connectivity index (χ4n) is 1.59. The van der Waals surface area contributed by atoms with Crippen LogP contribution in [0.15, 0.2) is 29.9 Å². The third kappa shape index (κ3) is 2.13. The minimum Gasteiger partial charge on any atom is -0.364 e. The first-order valence-corrected chi connectivity index (χ1v) is 4.92. The summed E-state index contributed by atoms with van der Waals surface area (Å²) in [6, 6.07) is 2.08. The average Bonchev–Trinajstić information content (AvgIpc) is 2.65. The first kappa shape index (κ1) is 10.8. The van der Waals surface area contributed by atoms with Gasteiger partial charge < -0.3 is 4.98 Å². The van der Waals surface area contributed by atoms with Crippen LogP contribution in [0.4, 0.5) is 0 Å². The van der Waals surface area contributed by atoms with Gasteiger partial charge in [-0.15, -0.1) is 6.58 Å². The molecule has 14 heavy (non-hydrogen) atoms. The topological polar surface area (TPSA) is 28.1 Å². The van der Waals surface area contributed by atoms with E-state index in [1.807, 2.05) is 26.2 Å². The van der Waals surface area contributed by atoms with Gasteiger partial charge in [-0.05, 0) is 19.4 Å². The molecule has 0 radical (unpaired) electrons. The normalized spacial score (nSPS) is 14.1. The van der Waals surface area contributed by atoms with E-state index in [0.29, 0.717) is 5.92 Å². The Labute approximate surface area is 85.8 Å². The Hall–Kier alpha value is -1.31. The molecule has 1 aromatic rings. The summed E-state index contributed by atoms with van der Waals surface area (Å²) < 4.78 is 0. The zero-order chi connectivity index (χ0) is 10.6. The smallest absolute Gasteiger partial charge is 0.0404 e. The minimum atomic E-state index is 0.481. The lowest BCUT2D eigenvalue weighted by molar-refractivity contribution is 0.755. The Morgan fingerprint density at radius 3 is 3.00 bits per heavy atom. The molecular formula is C12H18N2. The molecule has 1 rings (SSSR count). The van der Waals surface area contributed by atoms with Gasteiger partial charge in [0.2, 0.25) is 0 Å². The van der Waals surface area contributed by atoms with Crippen LogP contribution in [0.3, 0.4) is 0 Å². The summed E-state index contributed by atoms with van der Waals surface area (Å²) in [5.41, 5.74) is 3.56. The van der Waals surface area contributed by atoms with Crippen LogP contribution in [0.1, 0.15) is 37.4 Å². The molecule has 0 fully saturated rings. The standard InChI is InChI=1S/C12H18N2/c1-5-6-9(2)12-11(7-8-14-12)10(3)13-4/h5,7-9,14H,1,6H2,2-4H3. The molecule has 0 amide bonds. The molecule has 0 aliphatic heterocycles. The quantitative estimate of drug-likeness (QED) is 0.558. The van der Waals surface area contributed by atoms with Crippen LogP contribution in [0.25, 0.3) is 0 Å². The van der Waals surface area contributed by atoms with Gasteiger partial charge in [-0.2, -0.15) is 0 Å². The maximum atomic E-state index is 4.20. The van der Waals surface area contributed by atoms with Gasteiger partial charge in [0, 0.05) is 36.1 Å². The van der Waals surface area contributed by atoms with Crippen LogP contribution in [-0.4, -0.2) is 17.7 Å². The average molecular weight is 190 g/mol. The molecule has 0 saturated heterocycles. The minimum absolute atomic E-state index is 0.481. The number of hydrogen-bond acceptors (Lipinski definition) is 1. The summed E-state index contributed by atoms with van der Waals surface area (Å²) in [6.07, 6.45) is 4.91. The second kappa shape index (κ2) is 4.80. The van der Waals surface area contributed by atoms with E-state index in [4.69, 9.17) is 0 Å². The summed E-state index contributed by atoms with van der Waals surface area (Å²) >= 11 is 0. The lowest BCUT2D eigenvalue weighted by Gasteiger charge is -2.10. The number of nitrogens with zero attached hydrogens (tertiary/aromatic N) is 1. The van der Waals surface area contributed by atoms with Gasteiger partial charge in [-0.25, -0.2) is 0 Å². The summed E-state index contributed by atoms with van der Waals surface area (Å²) in [6.45, 7) is 7.99. The summed E-state index contributed by atoms with van der Waals surface area (Å²) in [4.78, 5) is 7.48. The van der Waals surface area contributed by atoms with E-state index in [0.717, 1.165) is 12.1 Å². The van der Waals surface area contributed by atoms with Crippen molar-refractivity contribution in [3.8, 4) is 0 Å². The van der Waals surface area contributed by atoms with Crippen molar-refractivity contribution in [2.75, 3.05) is 7.05 Å². The van der Waals surface area contributed by atoms with E-state index in [1.165, 1.54) is 11.3 Å². The predicted molar refractivity (Wildman–Crippen MR) is 62.2 cm³/mol. The molecular weight excluding hydrogens is 172 g/mol. The number of allylic oxidation sites excluding steroid dienone is 1. The lowest BCUT2D eigenvalue weighted by Crippen LogP contribution is -2.02. The van der Waals surface area contributed by atoms with Crippen molar-refractivity contribution in [2.24, 2.45) is 4.99 Å². The van der Waals surface area contributed by atoms with E-state index in [1.54, 1.807) is 0 Å². The number of aromatic nitrogens is 1. The molecule has 1 aromatic heterocycles. The Morgan fingerprint density at radius 1 is 1.71 bits per heavy atom. The van der Waals surface area contributed by atoms with Gasteiger partial charge >= 0.3 is 0 Å². The molecule has 0 saturated carbocycles. The van der Waals surface area contributed by atoms with E-state index < -0.39 is 0 Å². The van der Waals surface area contributed by atoms with Crippen molar-refractivity contribution in [1.29, 1.82) is 0 Å². The third-order valence-corrected chi connectivity index (χ3v) is 2.52. The molecule has 0 aliphatic rings. The molecule has 2 nitrogen and oxygen atoms in total. The zero-order valence-corrected chi connectivity index (χ0v) is 9.17. The Balaban J connectivity index is 2.97. The highest BCUT2D eigenvalue weighted by Gasteiger charge is 2.11. The van der Waals surface area contributed by atoms with Crippen LogP contribution in [0.5, 0.6) is 0 Å². The Kier molecular flexibility index (Phi) is 3.69. The van der Waals surface area contributed by atoms with Gasteiger partial charge in [0.25, 0.3) is 0 Å². The second-order valence-electron chi connectivity index (χ2n) is 3.54. The van der Waals surface area contributed by atoms with Gasteiger partial charge in [-0.1, -0.05) is 13.0 Å². The number of aliphatic imine (C=N–C) groups is 1. The predicted octanol–water partition coefficient (Wildman–Crippen LogP) is 3.13. The lowest BCUT2D eigenvalue weighted by atomic mass is 9.98. The van der Waals surface area contributed by atoms with Crippen LogP contribution in [0, 0.1) is 0 Å². The van der Waals surface area contributed by atoms with E-state index in [-0.39, 0.29) is 0 Å². The molecule has 1 unspecified atom stereocenters. The van der Waals surface area contributed by atoms with Crippen molar-refractivity contribution in [3.05, 3.63) is 36.2 Å². The second-order valence-corrected chi connectivity index (χ2v) is 3.54. The summed E-state index contributed by atoms with van der Waals surface area (Å²) in [7, 11) is 1.82. The molecule has 1 atom stereocenters. The van der Waals surface area contributed by atoms with Crippen molar-refractivity contribution >= 4 is 5.71 Å². The number of H-pyrrole nitrogens is 1. The molecule has 0 bridgehead atoms. The van der Waals surface area contributed by atoms with Crippen molar-refractivity contribution in [3.63, 3.8) is 0 Å². The molecule has 0 aliphatic carbocycles. The van der Waals surface area contributed by atoms with E-state index in [2.05, 4.69) is 29.5 Å². The van der Waals surface area contributed by atoms with Gasteiger partial charge in [-0.3, -0.25) is 4.99 Å². The largest absolute Gasteiger partial charge is 0.364 e. The van der Waals surface area contributed by atoms with E-state index in [9.17, 15) is 0 Å². The Bertz CT molecular complexity index is 334. The van der Waals surface area contributed by atoms with Gasteiger partial charge in [0.05, 0.1) is 0 Å². The van der Waals surface area contributed by atoms with Gasteiger partial charge in [0.1, 0.15) is 0 Å². The van der Waals surface area contributed by atoms with Crippen LogP contribution >= 0.6 is 0 Å². The van der Waals surface area contributed by atoms with Crippen LogP contribution < -0.4 is 0 Å². The number of nitrogens with one attached hydrogen (secondary N) is 1. The molecule has 76 valence electrons. The molecule has 1 heterocycles. The van der Waals surface area contributed by atoms with Crippen molar-refractivity contribution in [2.45, 2.75) is 26.2 Å². The monoisotopic (exact) mass is 190 g/mol. The molecule has 1 N–H and O–H groups in total. The Morgan fingerprint density at radius 2 is 2.43 bits per heavy atom. The summed E-state index contributed by atoms with van der Waals surface area (Å²) in [5.74, 6) is 0.481. The van der Waals surface area contributed by atoms with E-state index >= 15 is 0 Å². The highest BCUT2D eigenvalue weighted by molar-refractivity contribution is 5.99. The van der Waals surface area contributed by atoms with Crippen LogP contribution in [-0.2, 0) is 0 Å².